The zero-order valence-corrected chi connectivity index (χ0v) is 8.84. The summed E-state index contributed by atoms with van der Waals surface area (Å²) in [5.74, 6) is -0.585. The highest BCUT2D eigenvalue weighted by atomic mass is 16.3. The molecule has 1 atom stereocenters. The number of amides is 1. The molecule has 6 heteroatoms. The normalized spacial score (nSPS) is 14.2. The number of rotatable bonds is 4. The lowest BCUT2D eigenvalue weighted by atomic mass is 10.1. The number of aliphatic hydroxyl groups excluding tert-OH is 1. The van der Waals surface area contributed by atoms with E-state index >= 15 is 0 Å². The molecule has 0 spiro atoms. The minimum atomic E-state index is -1.36. The quantitative estimate of drug-likeness (QED) is 0.541. The van der Waals surface area contributed by atoms with Gasteiger partial charge in [0.25, 0.3) is 5.91 Å². The molecular formula is C10H14N2O4. The summed E-state index contributed by atoms with van der Waals surface area (Å²) in [6, 6.07) is 1.26. The standard InChI is InChI=1S/C10H14N2O4/c1-10(16,6-13)5-12-9(15)7-2-8(14)4-11-3-7/h2-4,13-14,16H,5-6H2,1H3,(H,12,15). The summed E-state index contributed by atoms with van der Waals surface area (Å²) in [5, 5.41) is 29.7. The maximum Gasteiger partial charge on any atom is 0.253 e. The summed E-state index contributed by atoms with van der Waals surface area (Å²) in [7, 11) is 0. The molecule has 0 aliphatic rings. The number of aromatic nitrogens is 1. The summed E-state index contributed by atoms with van der Waals surface area (Å²) in [6.07, 6.45) is 2.50. The molecule has 88 valence electrons. The van der Waals surface area contributed by atoms with Crippen molar-refractivity contribution in [2.75, 3.05) is 13.2 Å². The van der Waals surface area contributed by atoms with Crippen molar-refractivity contribution in [2.24, 2.45) is 0 Å². The van der Waals surface area contributed by atoms with Gasteiger partial charge in [-0.2, -0.15) is 0 Å². The Kier molecular flexibility index (Phi) is 3.81. The first kappa shape index (κ1) is 12.4. The largest absolute Gasteiger partial charge is 0.506 e. The summed E-state index contributed by atoms with van der Waals surface area (Å²) in [6.45, 7) is 0.859. The van der Waals surface area contributed by atoms with Crippen LogP contribution < -0.4 is 5.32 Å². The number of aliphatic hydroxyl groups is 2. The third kappa shape index (κ3) is 3.48. The molecule has 1 amide bonds. The molecule has 0 aliphatic carbocycles. The van der Waals surface area contributed by atoms with Crippen LogP contribution in [0.15, 0.2) is 18.5 Å². The Bertz CT molecular complexity index is 379. The molecule has 6 nitrogen and oxygen atoms in total. The van der Waals surface area contributed by atoms with Gasteiger partial charge in [-0.25, -0.2) is 0 Å². The zero-order valence-electron chi connectivity index (χ0n) is 8.84. The van der Waals surface area contributed by atoms with Crippen molar-refractivity contribution >= 4 is 5.91 Å². The van der Waals surface area contributed by atoms with Gasteiger partial charge in [0, 0.05) is 12.7 Å². The molecule has 1 aromatic rings. The molecule has 4 N–H and O–H groups in total. The van der Waals surface area contributed by atoms with Gasteiger partial charge in [-0.1, -0.05) is 0 Å². The molecular weight excluding hydrogens is 212 g/mol. The predicted octanol–water partition coefficient (Wildman–Crippen LogP) is -0.740. The van der Waals surface area contributed by atoms with Crippen LogP contribution >= 0.6 is 0 Å². The monoisotopic (exact) mass is 226 g/mol. The summed E-state index contributed by atoms with van der Waals surface area (Å²) in [5.41, 5.74) is -1.17. The van der Waals surface area contributed by atoms with E-state index in [1.807, 2.05) is 0 Å². The molecule has 0 bridgehead atoms. The van der Waals surface area contributed by atoms with Crippen LogP contribution in [0.4, 0.5) is 0 Å². The molecule has 0 radical (unpaired) electrons. The van der Waals surface area contributed by atoms with Crippen molar-refractivity contribution in [1.29, 1.82) is 0 Å². The Morgan fingerprint density at radius 2 is 2.25 bits per heavy atom. The summed E-state index contributed by atoms with van der Waals surface area (Å²) in [4.78, 5) is 15.2. The second kappa shape index (κ2) is 4.91. The lowest BCUT2D eigenvalue weighted by Crippen LogP contribution is -2.43. The first-order valence-electron chi connectivity index (χ1n) is 4.70. The molecule has 0 saturated carbocycles. The van der Waals surface area contributed by atoms with Gasteiger partial charge in [0.15, 0.2) is 0 Å². The number of nitrogens with zero attached hydrogens (tertiary/aromatic N) is 1. The molecule has 0 aromatic carbocycles. The summed E-state index contributed by atoms with van der Waals surface area (Å²) < 4.78 is 0. The lowest BCUT2D eigenvalue weighted by Gasteiger charge is -2.20. The van der Waals surface area contributed by atoms with Crippen LogP contribution in [0.3, 0.4) is 0 Å². The molecule has 1 unspecified atom stereocenters. The number of nitrogens with one attached hydrogen (secondary N) is 1. The highest BCUT2D eigenvalue weighted by Gasteiger charge is 2.20. The minimum absolute atomic E-state index is 0.0853. The Hall–Kier alpha value is -1.66. The number of carbonyl (C=O) groups is 1. The van der Waals surface area contributed by atoms with Crippen molar-refractivity contribution in [3.63, 3.8) is 0 Å². The Labute approximate surface area is 92.6 Å². The van der Waals surface area contributed by atoms with E-state index in [1.165, 1.54) is 25.4 Å². The Morgan fingerprint density at radius 1 is 1.56 bits per heavy atom. The van der Waals surface area contributed by atoms with Gasteiger partial charge in [-0.15, -0.1) is 0 Å². The fourth-order valence-electron chi connectivity index (χ4n) is 0.981. The van der Waals surface area contributed by atoms with Crippen molar-refractivity contribution in [3.8, 4) is 5.75 Å². The van der Waals surface area contributed by atoms with Gasteiger partial charge < -0.3 is 20.6 Å². The van der Waals surface area contributed by atoms with Gasteiger partial charge in [0.2, 0.25) is 0 Å². The second-order valence-corrected chi connectivity index (χ2v) is 3.77. The van der Waals surface area contributed by atoms with Crippen molar-refractivity contribution < 1.29 is 20.1 Å². The van der Waals surface area contributed by atoms with E-state index < -0.39 is 18.1 Å². The SMILES string of the molecule is CC(O)(CO)CNC(=O)c1cncc(O)c1. The first-order chi connectivity index (χ1) is 7.44. The number of hydrogen-bond donors (Lipinski definition) is 4. The lowest BCUT2D eigenvalue weighted by molar-refractivity contribution is 0.00320. The topological polar surface area (TPSA) is 103 Å². The molecule has 0 fully saturated rings. The maximum absolute atomic E-state index is 11.5. The van der Waals surface area contributed by atoms with Crippen molar-refractivity contribution in [1.82, 2.24) is 10.3 Å². The van der Waals surface area contributed by atoms with E-state index in [-0.39, 0.29) is 17.9 Å². The predicted molar refractivity (Wildman–Crippen MR) is 55.9 cm³/mol. The fraction of sp³-hybridized carbons (Fsp3) is 0.400. The zero-order chi connectivity index (χ0) is 12.2. The molecule has 1 rings (SSSR count). The van der Waals surface area contributed by atoms with Crippen molar-refractivity contribution in [2.45, 2.75) is 12.5 Å². The number of carbonyl (C=O) groups excluding carboxylic acids is 1. The first-order valence-corrected chi connectivity index (χ1v) is 4.70. The highest BCUT2D eigenvalue weighted by molar-refractivity contribution is 5.94. The number of aromatic hydroxyl groups is 1. The fourth-order valence-corrected chi connectivity index (χ4v) is 0.981. The third-order valence-corrected chi connectivity index (χ3v) is 1.96. The van der Waals surface area contributed by atoms with Crippen LogP contribution in [0.1, 0.15) is 17.3 Å². The van der Waals surface area contributed by atoms with Crippen LogP contribution in [0.5, 0.6) is 5.75 Å². The van der Waals surface area contributed by atoms with E-state index in [0.29, 0.717) is 0 Å². The van der Waals surface area contributed by atoms with E-state index in [0.717, 1.165) is 0 Å². The average Bonchev–Trinajstić information content (AvgIpc) is 2.26. The molecule has 1 aromatic heterocycles. The van der Waals surface area contributed by atoms with Gasteiger partial charge in [0.05, 0.1) is 18.4 Å². The molecule has 1 heterocycles. The van der Waals surface area contributed by atoms with Gasteiger partial charge >= 0.3 is 0 Å². The summed E-state index contributed by atoms with van der Waals surface area (Å²) >= 11 is 0. The van der Waals surface area contributed by atoms with Crippen LogP contribution in [-0.2, 0) is 0 Å². The highest BCUT2D eigenvalue weighted by Crippen LogP contribution is 2.08. The minimum Gasteiger partial charge on any atom is -0.506 e. The van der Waals surface area contributed by atoms with Gasteiger partial charge in [-0.3, -0.25) is 9.78 Å². The molecule has 16 heavy (non-hydrogen) atoms. The third-order valence-electron chi connectivity index (χ3n) is 1.96. The number of pyridine rings is 1. The van der Waals surface area contributed by atoms with Crippen LogP contribution in [-0.4, -0.2) is 45.0 Å². The Morgan fingerprint density at radius 3 is 2.81 bits per heavy atom. The average molecular weight is 226 g/mol. The Balaban J connectivity index is 2.60. The van der Waals surface area contributed by atoms with Crippen LogP contribution in [0.25, 0.3) is 0 Å². The van der Waals surface area contributed by atoms with E-state index in [9.17, 15) is 9.90 Å². The van der Waals surface area contributed by atoms with Crippen LogP contribution in [0, 0.1) is 0 Å². The van der Waals surface area contributed by atoms with Crippen molar-refractivity contribution in [3.05, 3.63) is 24.0 Å². The van der Waals surface area contributed by atoms with E-state index in [1.54, 1.807) is 0 Å². The maximum atomic E-state index is 11.5. The molecule has 0 aliphatic heterocycles. The van der Waals surface area contributed by atoms with E-state index in [4.69, 9.17) is 10.2 Å². The second-order valence-electron chi connectivity index (χ2n) is 3.77. The van der Waals surface area contributed by atoms with Crippen LogP contribution in [0.2, 0.25) is 0 Å². The van der Waals surface area contributed by atoms with Gasteiger partial charge in [0.1, 0.15) is 11.4 Å². The molecule has 0 saturated heterocycles. The smallest absolute Gasteiger partial charge is 0.253 e. The number of hydrogen-bond acceptors (Lipinski definition) is 5. The van der Waals surface area contributed by atoms with E-state index in [2.05, 4.69) is 10.3 Å². The van der Waals surface area contributed by atoms with Gasteiger partial charge in [-0.05, 0) is 13.0 Å².